The largest absolute Gasteiger partial charge is 1.00 e. The van der Waals surface area contributed by atoms with E-state index in [0.717, 1.165) is 0 Å². The molecule has 0 bridgehead atoms. The second-order valence-electron chi connectivity index (χ2n) is 0.0962. The summed E-state index contributed by atoms with van der Waals surface area (Å²) in [7, 11) is 0. The van der Waals surface area contributed by atoms with Gasteiger partial charge in [0.15, 0.2) is 0 Å². The average Bonchev–Trinajstić information content (AvgIpc) is 0.918. The Balaban J connectivity index is -0.00000000667. The monoisotopic (exact) mass is 108 g/mol. The number of hydrogen-bond donors (Lipinski definition) is 0. The molecule has 0 atom stereocenters. The van der Waals surface area contributed by atoms with Crippen molar-refractivity contribution in [1.29, 1.82) is 0 Å². The van der Waals surface area contributed by atoms with E-state index in [1.807, 2.05) is 0 Å². The van der Waals surface area contributed by atoms with Gasteiger partial charge < -0.3 is 15.4 Å². The molecule has 0 aromatic heterocycles. The third-order valence-electron chi connectivity index (χ3n) is 0. The molecule has 0 rings (SSSR count). The summed E-state index contributed by atoms with van der Waals surface area (Å²) in [5.74, 6) is 0. The molecule has 0 spiro atoms. The minimum atomic E-state index is -0.500. The molecule has 0 fully saturated rings. The molecule has 0 heterocycles. The molecule has 5 heteroatoms. The molecule has 0 aromatic rings. The third kappa shape index (κ3) is 52.1. The van der Waals surface area contributed by atoms with E-state index in [9.17, 15) is 0 Å². The van der Waals surface area contributed by atoms with Crippen molar-refractivity contribution >= 4 is 6.47 Å². The van der Waals surface area contributed by atoms with Crippen LogP contribution >= 0.6 is 0 Å². The zero-order chi connectivity index (χ0) is 2.71. The van der Waals surface area contributed by atoms with E-state index in [2.05, 4.69) is 0 Å². The molecule has 0 aliphatic heterocycles. The van der Waals surface area contributed by atoms with Crippen LogP contribution in [-0.2, 0) is 4.79 Å². The second-order valence-corrected chi connectivity index (χ2v) is 0.0962. The Labute approximate surface area is 80.0 Å². The van der Waals surface area contributed by atoms with Gasteiger partial charge in [-0.15, -0.1) is 0 Å². The van der Waals surface area contributed by atoms with Gasteiger partial charge in [0, 0.05) is 6.47 Å². The average molecular weight is 108 g/mol. The topological polar surface area (TPSA) is 70.1 Å². The summed E-state index contributed by atoms with van der Waals surface area (Å²) in [5, 5.41) is 8.25. The molecule has 3 nitrogen and oxygen atoms in total. The van der Waals surface area contributed by atoms with Crippen molar-refractivity contribution in [3.63, 3.8) is 0 Å². The van der Waals surface area contributed by atoms with Crippen LogP contribution in [-0.4, -0.2) is 11.9 Å². The summed E-state index contributed by atoms with van der Waals surface area (Å²) < 4.78 is 0. The van der Waals surface area contributed by atoms with Gasteiger partial charge in [0.05, 0.1) is 0 Å². The van der Waals surface area contributed by atoms with Crippen LogP contribution < -0.4 is 64.2 Å². The van der Waals surface area contributed by atoms with Crippen LogP contribution in [0.25, 0.3) is 0 Å². The van der Waals surface area contributed by atoms with E-state index < -0.39 is 6.47 Å². The number of carboxylic acid groups (broad SMARTS) is 1. The van der Waals surface area contributed by atoms with Gasteiger partial charge in [-0.05, 0) is 0 Å². The van der Waals surface area contributed by atoms with Crippen molar-refractivity contribution in [2.45, 2.75) is 0 Å². The smallest absolute Gasteiger partial charge is 0.870 e. The molecule has 0 amide bonds. The minimum Gasteiger partial charge on any atom is -0.870 e. The Kier molecular flexibility index (Phi) is 140. The van der Waals surface area contributed by atoms with Crippen molar-refractivity contribution in [1.82, 2.24) is 0 Å². The fraction of sp³-hybridized carbons (Fsp3) is 0. The molecule has 0 saturated carbocycles. The maximum Gasteiger partial charge on any atom is 1.00 e. The van der Waals surface area contributed by atoms with Gasteiger partial charge in [0.25, 0.3) is 0 Å². The van der Waals surface area contributed by atoms with E-state index >= 15 is 0 Å². The Morgan fingerprint density at radius 2 is 1.33 bits per heavy atom. The quantitative estimate of drug-likeness (QED) is 0.228. The summed E-state index contributed by atoms with van der Waals surface area (Å²) in [6, 6.07) is 0. The maximum absolute atomic E-state index is 8.25. The van der Waals surface area contributed by atoms with Crippen LogP contribution in [0.1, 0.15) is 0 Å². The molecule has 1 N–H and O–H groups in total. The summed E-state index contributed by atoms with van der Waals surface area (Å²) in [6.45, 7) is -0.500. The van der Waals surface area contributed by atoms with Gasteiger partial charge in [-0.3, -0.25) is 0 Å². The molecule has 0 aromatic carbocycles. The fourth-order valence-electron chi connectivity index (χ4n) is 0. The van der Waals surface area contributed by atoms with Crippen LogP contribution in [0, 0.1) is 0 Å². The van der Waals surface area contributed by atoms with Crippen LogP contribution in [0.5, 0.6) is 0 Å². The molecule has 26 valence electrons. The summed E-state index contributed by atoms with van der Waals surface area (Å²) in [6.07, 6.45) is 0. The van der Waals surface area contributed by atoms with Crippen LogP contribution in [0.3, 0.4) is 0 Å². The number of hydrogen-bond acceptors (Lipinski definition) is 3. The normalized spacial score (nSPS) is 2.00. The zero-order valence-corrected chi connectivity index (χ0v) is 7.84. The third-order valence-corrected chi connectivity index (χ3v) is 0. The summed E-state index contributed by atoms with van der Waals surface area (Å²) in [5.41, 5.74) is 0. The molecule has 0 unspecified atom stereocenters. The van der Waals surface area contributed by atoms with Crippen LogP contribution in [0.15, 0.2) is 0 Å². The van der Waals surface area contributed by atoms with E-state index in [-0.39, 0.29) is 64.6 Å². The molecule has 0 aliphatic carbocycles. The van der Waals surface area contributed by atoms with Gasteiger partial charge in [0.2, 0.25) is 0 Å². The first-order valence-electron chi connectivity index (χ1n) is 0.471. The predicted octanol–water partition coefficient (Wildman–Crippen LogP) is -7.80. The van der Waals surface area contributed by atoms with Crippen molar-refractivity contribution in [3.05, 3.63) is 0 Å². The van der Waals surface area contributed by atoms with Crippen molar-refractivity contribution < 1.29 is 74.5 Å². The first-order chi connectivity index (χ1) is 1.41. The van der Waals surface area contributed by atoms with E-state index in [1.54, 1.807) is 0 Å². The Morgan fingerprint density at radius 3 is 1.33 bits per heavy atom. The van der Waals surface area contributed by atoms with Gasteiger partial charge in [-0.1, -0.05) is 0 Å². The second kappa shape index (κ2) is 32.1. The Hall–Kier alpha value is 1.43. The van der Waals surface area contributed by atoms with E-state index in [4.69, 9.17) is 9.90 Å². The molecule has 6 heavy (non-hydrogen) atoms. The summed E-state index contributed by atoms with van der Waals surface area (Å²) in [4.78, 5) is 8.25. The Bertz CT molecular complexity index is 16.3. The minimum absolute atomic E-state index is 0. The first kappa shape index (κ1) is 26.1. The van der Waals surface area contributed by atoms with Crippen molar-refractivity contribution in [3.8, 4) is 0 Å². The number of carbonyl (C=O) groups is 1. The van der Waals surface area contributed by atoms with Gasteiger partial charge in [0.1, 0.15) is 0 Å². The molecular weight excluding hydrogens is 106 g/mol. The molecular formula is CH2Na2O3. The number of rotatable bonds is 0. The zero-order valence-electron chi connectivity index (χ0n) is 3.84. The molecule has 0 aliphatic rings. The van der Waals surface area contributed by atoms with Gasteiger partial charge in [-0.25, -0.2) is 0 Å². The first-order valence-corrected chi connectivity index (χ1v) is 0.471. The number of carbonyl (C=O) groups excluding carboxylic acids is 1. The van der Waals surface area contributed by atoms with E-state index in [1.165, 1.54) is 0 Å². The predicted molar refractivity (Wildman–Crippen MR) is 8.00 cm³/mol. The van der Waals surface area contributed by atoms with Crippen LogP contribution in [0.2, 0.25) is 0 Å². The van der Waals surface area contributed by atoms with Crippen molar-refractivity contribution in [2.75, 3.05) is 0 Å². The van der Waals surface area contributed by atoms with Gasteiger partial charge >= 0.3 is 59.1 Å². The van der Waals surface area contributed by atoms with E-state index in [0.29, 0.717) is 0 Å². The maximum atomic E-state index is 8.25. The standard InChI is InChI=1S/CH2O2.2Na.H2O/c2-1-3;;;/h1H,(H,2,3);;;1H2/q;2*+1;/p-2. The van der Waals surface area contributed by atoms with Crippen molar-refractivity contribution in [2.24, 2.45) is 0 Å². The molecule has 0 radical (unpaired) electrons. The van der Waals surface area contributed by atoms with Crippen LogP contribution in [0.4, 0.5) is 0 Å². The molecule has 0 saturated heterocycles. The summed E-state index contributed by atoms with van der Waals surface area (Å²) >= 11 is 0. The SMILES string of the molecule is O=C[O-].[Na+].[Na+].[OH-]. The van der Waals surface area contributed by atoms with Gasteiger partial charge in [-0.2, -0.15) is 0 Å². The fourth-order valence-corrected chi connectivity index (χ4v) is 0. The Morgan fingerprint density at radius 1 is 1.33 bits per heavy atom.